The van der Waals surface area contributed by atoms with Crippen molar-refractivity contribution in [3.63, 3.8) is 0 Å². The van der Waals surface area contributed by atoms with Gasteiger partial charge in [0.15, 0.2) is 4.80 Å². The van der Waals surface area contributed by atoms with Gasteiger partial charge in [-0.1, -0.05) is 49.4 Å². The summed E-state index contributed by atoms with van der Waals surface area (Å²) in [6.45, 7) is 12.0. The van der Waals surface area contributed by atoms with Gasteiger partial charge in [0.25, 0.3) is 5.56 Å². The lowest BCUT2D eigenvalue weighted by atomic mass is 9.93. The van der Waals surface area contributed by atoms with Crippen LogP contribution < -0.4 is 14.9 Å². The molecule has 0 fully saturated rings. The number of aryl methyl sites for hydroxylation is 1. The fourth-order valence-electron chi connectivity index (χ4n) is 5.23. The SMILES string of the molecule is CCOC(=O)C1=C(C)N=c2sc(=Cc3cc(C)n(-c4ccc(F)cc4)c3C)c(=O)n2C1c1ccc(C(C)C)cc1. The van der Waals surface area contributed by atoms with Crippen molar-refractivity contribution < 1.29 is 13.9 Å². The third-order valence-electron chi connectivity index (χ3n) is 7.28. The number of benzene rings is 2. The van der Waals surface area contributed by atoms with Gasteiger partial charge in [0.05, 0.1) is 28.5 Å². The second-order valence-corrected chi connectivity index (χ2v) is 11.3. The summed E-state index contributed by atoms with van der Waals surface area (Å²) in [5, 5.41) is 0. The number of aromatic nitrogens is 2. The number of hydrogen-bond acceptors (Lipinski definition) is 5. The zero-order valence-corrected chi connectivity index (χ0v) is 24.3. The average Bonchev–Trinajstić information content (AvgIpc) is 3.38. The second-order valence-electron chi connectivity index (χ2n) is 10.3. The summed E-state index contributed by atoms with van der Waals surface area (Å²) >= 11 is 1.30. The maximum atomic E-state index is 14.0. The molecule has 8 heteroatoms. The molecule has 1 atom stereocenters. The average molecular weight is 558 g/mol. The number of halogens is 1. The summed E-state index contributed by atoms with van der Waals surface area (Å²) < 4.78 is 23.1. The maximum Gasteiger partial charge on any atom is 0.338 e. The van der Waals surface area contributed by atoms with Crippen LogP contribution in [-0.4, -0.2) is 21.7 Å². The molecule has 0 amide bonds. The molecule has 2 aromatic carbocycles. The first-order valence-electron chi connectivity index (χ1n) is 13.3. The Bertz CT molecular complexity index is 1810. The molecule has 3 heterocycles. The number of carbonyl (C=O) groups excluding carboxylic acids is 1. The smallest absolute Gasteiger partial charge is 0.338 e. The van der Waals surface area contributed by atoms with Gasteiger partial charge in [-0.2, -0.15) is 0 Å². The van der Waals surface area contributed by atoms with Crippen molar-refractivity contribution in [2.75, 3.05) is 6.61 Å². The first kappa shape index (κ1) is 27.5. The molecular formula is C32H32FN3O3S. The van der Waals surface area contributed by atoms with Crippen molar-refractivity contribution in [2.45, 2.75) is 53.5 Å². The largest absolute Gasteiger partial charge is 0.463 e. The summed E-state index contributed by atoms with van der Waals surface area (Å²) in [6, 6.07) is 15.7. The summed E-state index contributed by atoms with van der Waals surface area (Å²) in [5.41, 5.74) is 6.30. The van der Waals surface area contributed by atoms with E-state index in [9.17, 15) is 14.0 Å². The van der Waals surface area contributed by atoms with E-state index in [-0.39, 0.29) is 18.0 Å². The number of ether oxygens (including phenoxy) is 1. The lowest BCUT2D eigenvalue weighted by molar-refractivity contribution is -0.139. The van der Waals surface area contributed by atoms with Gasteiger partial charge in [0.1, 0.15) is 5.82 Å². The third kappa shape index (κ3) is 4.88. The minimum Gasteiger partial charge on any atom is -0.463 e. The minimum absolute atomic E-state index is 0.220. The van der Waals surface area contributed by atoms with Crippen LogP contribution in [0.1, 0.15) is 67.7 Å². The van der Waals surface area contributed by atoms with Gasteiger partial charge in [0.2, 0.25) is 0 Å². The Morgan fingerprint density at radius 3 is 2.40 bits per heavy atom. The predicted octanol–water partition coefficient (Wildman–Crippen LogP) is 5.47. The zero-order valence-electron chi connectivity index (χ0n) is 23.5. The highest BCUT2D eigenvalue weighted by Crippen LogP contribution is 2.31. The Kier molecular flexibility index (Phi) is 7.47. The lowest BCUT2D eigenvalue weighted by Gasteiger charge is -2.25. The van der Waals surface area contributed by atoms with Gasteiger partial charge in [-0.15, -0.1) is 0 Å². The second kappa shape index (κ2) is 10.8. The van der Waals surface area contributed by atoms with Crippen molar-refractivity contribution in [3.05, 3.63) is 119 Å². The standard InChI is InChI=1S/C32H32FN3O3S/c1-7-39-31(38)28-20(5)34-32-36(29(28)23-10-8-22(9-11-23)18(2)3)30(37)27(40-32)17-24-16-19(4)35(21(24)6)26-14-12-25(33)13-15-26/h8-18,29H,7H2,1-6H3. The Hall–Kier alpha value is -4.04. The summed E-state index contributed by atoms with van der Waals surface area (Å²) in [7, 11) is 0. The minimum atomic E-state index is -0.648. The van der Waals surface area contributed by atoms with Gasteiger partial charge >= 0.3 is 5.97 Å². The summed E-state index contributed by atoms with van der Waals surface area (Å²) in [6.07, 6.45) is 1.87. The molecule has 0 spiro atoms. The molecule has 0 radical (unpaired) electrons. The molecule has 1 aliphatic rings. The van der Waals surface area contributed by atoms with Gasteiger partial charge in [-0.05, 0) is 86.7 Å². The number of nitrogens with zero attached hydrogens (tertiary/aromatic N) is 3. The molecular weight excluding hydrogens is 525 g/mol. The van der Waals surface area contributed by atoms with Crippen LogP contribution >= 0.6 is 11.3 Å². The highest BCUT2D eigenvalue weighted by atomic mass is 32.1. The molecule has 1 aliphatic heterocycles. The molecule has 4 aromatic rings. The van der Waals surface area contributed by atoms with E-state index in [0.29, 0.717) is 26.5 Å². The fraction of sp³-hybridized carbons (Fsp3) is 0.281. The third-order valence-corrected chi connectivity index (χ3v) is 8.26. The van der Waals surface area contributed by atoms with Crippen LogP contribution in [0, 0.1) is 19.7 Å². The topological polar surface area (TPSA) is 65.6 Å². The van der Waals surface area contributed by atoms with E-state index in [1.54, 1.807) is 30.5 Å². The number of carbonyl (C=O) groups is 1. The van der Waals surface area contributed by atoms with E-state index in [4.69, 9.17) is 4.74 Å². The van der Waals surface area contributed by atoms with Crippen LogP contribution in [0.2, 0.25) is 0 Å². The molecule has 206 valence electrons. The van der Waals surface area contributed by atoms with Crippen molar-refractivity contribution in [1.29, 1.82) is 0 Å². The van der Waals surface area contributed by atoms with Gasteiger partial charge in [0, 0.05) is 17.1 Å². The van der Waals surface area contributed by atoms with E-state index < -0.39 is 12.0 Å². The molecule has 40 heavy (non-hydrogen) atoms. The lowest BCUT2D eigenvalue weighted by Crippen LogP contribution is -2.39. The van der Waals surface area contributed by atoms with E-state index in [1.165, 1.54) is 29.0 Å². The number of fused-ring (bicyclic) bond motifs is 1. The van der Waals surface area contributed by atoms with Gasteiger partial charge in [-0.25, -0.2) is 14.2 Å². The Balaban J connectivity index is 1.67. The molecule has 0 aliphatic carbocycles. The fourth-order valence-corrected chi connectivity index (χ4v) is 6.27. The van der Waals surface area contributed by atoms with Crippen molar-refractivity contribution in [1.82, 2.24) is 9.13 Å². The van der Waals surface area contributed by atoms with E-state index in [1.807, 2.05) is 54.8 Å². The zero-order chi connectivity index (χ0) is 28.7. The van der Waals surface area contributed by atoms with Crippen LogP contribution in [0.15, 0.2) is 75.7 Å². The molecule has 0 saturated heterocycles. The summed E-state index contributed by atoms with van der Waals surface area (Å²) in [4.78, 5) is 32.3. The Labute approximate surface area is 236 Å². The molecule has 2 aromatic heterocycles. The quantitative estimate of drug-likeness (QED) is 0.296. The number of hydrogen-bond donors (Lipinski definition) is 0. The molecule has 0 bridgehead atoms. The maximum absolute atomic E-state index is 14.0. The predicted molar refractivity (Wildman–Crippen MR) is 156 cm³/mol. The first-order valence-corrected chi connectivity index (χ1v) is 14.2. The first-order chi connectivity index (χ1) is 19.1. The number of allylic oxidation sites excluding steroid dienone is 1. The highest BCUT2D eigenvalue weighted by Gasteiger charge is 2.33. The number of rotatable bonds is 6. The summed E-state index contributed by atoms with van der Waals surface area (Å²) in [5.74, 6) is -0.413. The monoisotopic (exact) mass is 557 g/mol. The van der Waals surface area contributed by atoms with Crippen LogP contribution in [0.25, 0.3) is 11.8 Å². The molecule has 0 saturated carbocycles. The van der Waals surface area contributed by atoms with Gasteiger partial charge in [-0.3, -0.25) is 9.36 Å². The van der Waals surface area contributed by atoms with Crippen molar-refractivity contribution in [2.24, 2.45) is 4.99 Å². The van der Waals surface area contributed by atoms with Crippen LogP contribution in [0.5, 0.6) is 0 Å². The highest BCUT2D eigenvalue weighted by molar-refractivity contribution is 7.07. The van der Waals surface area contributed by atoms with Crippen LogP contribution in [0.4, 0.5) is 4.39 Å². The molecule has 0 N–H and O–H groups in total. The normalized spacial score (nSPS) is 15.4. The Morgan fingerprint density at radius 2 is 1.77 bits per heavy atom. The molecule has 1 unspecified atom stereocenters. The molecule has 6 nitrogen and oxygen atoms in total. The van der Waals surface area contributed by atoms with Crippen LogP contribution in [-0.2, 0) is 9.53 Å². The van der Waals surface area contributed by atoms with E-state index in [2.05, 4.69) is 18.8 Å². The van der Waals surface area contributed by atoms with Crippen LogP contribution in [0.3, 0.4) is 0 Å². The Morgan fingerprint density at radius 1 is 1.10 bits per heavy atom. The van der Waals surface area contributed by atoms with Crippen molar-refractivity contribution in [3.8, 4) is 5.69 Å². The van der Waals surface area contributed by atoms with E-state index in [0.717, 1.165) is 28.2 Å². The van der Waals surface area contributed by atoms with Gasteiger partial charge < -0.3 is 9.30 Å². The van der Waals surface area contributed by atoms with E-state index >= 15 is 0 Å². The molecule has 5 rings (SSSR count). The van der Waals surface area contributed by atoms with Crippen molar-refractivity contribution >= 4 is 23.4 Å². The number of thiazole rings is 1. The number of esters is 1.